The fraction of sp³-hybridized carbons (Fsp3) is 1.00. The van der Waals surface area contributed by atoms with Crippen LogP contribution in [0.25, 0.3) is 0 Å². The van der Waals surface area contributed by atoms with Gasteiger partial charge in [0.1, 0.15) is 0 Å². The monoisotopic (exact) mass is 264 g/mol. The van der Waals surface area contributed by atoms with Crippen LogP contribution in [0.15, 0.2) is 0 Å². The summed E-state index contributed by atoms with van der Waals surface area (Å²) < 4.78 is 109. The van der Waals surface area contributed by atoms with Crippen molar-refractivity contribution < 1.29 is 44.3 Å². The highest BCUT2D eigenvalue weighted by molar-refractivity contribution is 4.86. The Morgan fingerprint density at radius 2 is 1.19 bits per heavy atom. The maximum Gasteiger partial charge on any atom is 0.527 e. The van der Waals surface area contributed by atoms with Crippen LogP contribution in [0.3, 0.4) is 0 Å². The predicted molar refractivity (Wildman–Crippen MR) is 32.3 cm³/mol. The highest BCUT2D eigenvalue weighted by Gasteiger charge is 2.62. The van der Waals surface area contributed by atoms with E-state index in [0.29, 0.717) is 0 Å². The Kier molecular flexibility index (Phi) is 3.80. The van der Waals surface area contributed by atoms with Gasteiger partial charge in [0.05, 0.1) is 6.42 Å². The largest absolute Gasteiger partial charge is 0.527 e. The first-order chi connectivity index (χ1) is 6.66. The van der Waals surface area contributed by atoms with E-state index >= 15 is 0 Å². The molecule has 98 valence electrons. The molecule has 0 rings (SSSR count). The topological polar surface area (TPSA) is 9.23 Å². The number of halogens is 9. The summed E-state index contributed by atoms with van der Waals surface area (Å²) in [5, 5.41) is 0. The molecule has 0 aromatic heterocycles. The molecule has 0 fully saturated rings. The van der Waals surface area contributed by atoms with Crippen LogP contribution in [0.5, 0.6) is 0 Å². The van der Waals surface area contributed by atoms with E-state index in [4.69, 9.17) is 0 Å². The summed E-state index contributed by atoms with van der Waals surface area (Å²) in [6, 6.07) is 0. The van der Waals surface area contributed by atoms with E-state index in [1.54, 1.807) is 0 Å². The van der Waals surface area contributed by atoms with Crippen molar-refractivity contribution in [3.63, 3.8) is 0 Å². The van der Waals surface area contributed by atoms with Gasteiger partial charge in [-0.25, -0.2) is 9.13 Å². The van der Waals surface area contributed by atoms with E-state index in [-0.39, 0.29) is 6.92 Å². The van der Waals surface area contributed by atoms with Crippen molar-refractivity contribution in [2.24, 2.45) is 0 Å². The normalized spacial score (nSPS) is 18.4. The average Bonchev–Trinajstić information content (AvgIpc) is 1.72. The quantitative estimate of drug-likeness (QED) is 0.704. The van der Waals surface area contributed by atoms with Crippen molar-refractivity contribution in [2.45, 2.75) is 37.7 Å². The predicted octanol–water partition coefficient (Wildman–Crippen LogP) is 3.80. The van der Waals surface area contributed by atoms with Gasteiger partial charge in [0, 0.05) is 0 Å². The molecule has 0 aromatic rings. The van der Waals surface area contributed by atoms with Gasteiger partial charge < -0.3 is 0 Å². The maximum absolute atomic E-state index is 12.8. The van der Waals surface area contributed by atoms with Gasteiger partial charge in [0.2, 0.25) is 5.67 Å². The molecular formula is C6H5F9O. The Morgan fingerprint density at radius 1 is 0.812 bits per heavy atom. The van der Waals surface area contributed by atoms with Crippen LogP contribution >= 0.6 is 0 Å². The molecule has 1 atom stereocenters. The number of alkyl halides is 9. The second kappa shape index (κ2) is 3.97. The lowest BCUT2D eigenvalue weighted by atomic mass is 10.0. The van der Waals surface area contributed by atoms with Gasteiger partial charge in [0.15, 0.2) is 0 Å². The van der Waals surface area contributed by atoms with Crippen molar-refractivity contribution in [1.82, 2.24) is 0 Å². The SMILES string of the molecule is CC(F)(CC(F)(F)F)C(F)(F)OC(F)(F)F. The third-order valence-electron chi connectivity index (χ3n) is 1.38. The second-order valence-electron chi connectivity index (χ2n) is 3.05. The first kappa shape index (κ1) is 15.3. The Labute approximate surface area is 83.2 Å². The fourth-order valence-electron chi connectivity index (χ4n) is 0.731. The Balaban J connectivity index is 4.85. The molecule has 0 saturated carbocycles. The van der Waals surface area contributed by atoms with Crippen LogP contribution in [-0.2, 0) is 4.74 Å². The summed E-state index contributed by atoms with van der Waals surface area (Å²) in [6.07, 6.45) is -19.7. The smallest absolute Gasteiger partial charge is 0.234 e. The number of rotatable bonds is 3. The highest BCUT2D eigenvalue weighted by Crippen LogP contribution is 2.44. The molecule has 1 unspecified atom stereocenters. The van der Waals surface area contributed by atoms with Crippen molar-refractivity contribution in [3.05, 3.63) is 0 Å². The molecule has 0 spiro atoms. The summed E-state index contributed by atoms with van der Waals surface area (Å²) in [4.78, 5) is 0. The molecule has 0 aromatic carbocycles. The fourth-order valence-corrected chi connectivity index (χ4v) is 0.731. The second-order valence-corrected chi connectivity index (χ2v) is 3.05. The Morgan fingerprint density at radius 3 is 1.44 bits per heavy atom. The molecule has 1 nitrogen and oxygen atoms in total. The molecule has 0 heterocycles. The van der Waals surface area contributed by atoms with Crippen molar-refractivity contribution in [1.29, 1.82) is 0 Å². The van der Waals surface area contributed by atoms with Crippen LogP contribution in [0, 0.1) is 0 Å². The van der Waals surface area contributed by atoms with E-state index in [1.165, 1.54) is 0 Å². The van der Waals surface area contributed by atoms with Crippen molar-refractivity contribution in [3.8, 4) is 0 Å². The molecule has 16 heavy (non-hydrogen) atoms. The summed E-state index contributed by atoms with van der Waals surface area (Å²) >= 11 is 0. The number of hydrogen-bond donors (Lipinski definition) is 0. The van der Waals surface area contributed by atoms with E-state index < -0.39 is 30.7 Å². The zero-order valence-electron chi connectivity index (χ0n) is 7.52. The number of ether oxygens (including phenoxy) is 1. The minimum Gasteiger partial charge on any atom is -0.234 e. The molecule has 0 aliphatic rings. The van der Waals surface area contributed by atoms with E-state index in [9.17, 15) is 39.5 Å². The van der Waals surface area contributed by atoms with Gasteiger partial charge in [-0.15, -0.1) is 13.2 Å². The van der Waals surface area contributed by atoms with Gasteiger partial charge in [0.25, 0.3) is 0 Å². The maximum atomic E-state index is 12.8. The molecule has 0 saturated heterocycles. The summed E-state index contributed by atoms with van der Waals surface area (Å²) in [6.45, 7) is -0.327. The lowest BCUT2D eigenvalue weighted by molar-refractivity contribution is -0.453. The minimum absolute atomic E-state index is 0.327. The third kappa shape index (κ3) is 4.90. The molecular weight excluding hydrogens is 259 g/mol. The zero-order chi connectivity index (χ0) is 13.4. The molecule has 0 aliphatic carbocycles. The standard InChI is InChI=1S/C6H5F9O/c1-3(7,2-4(8,9)10)5(11,12)16-6(13,14)15/h2H2,1H3. The lowest BCUT2D eigenvalue weighted by Crippen LogP contribution is -2.49. The molecule has 0 N–H and O–H groups in total. The lowest BCUT2D eigenvalue weighted by Gasteiger charge is -2.30. The van der Waals surface area contributed by atoms with Crippen LogP contribution < -0.4 is 0 Å². The van der Waals surface area contributed by atoms with Gasteiger partial charge in [-0.3, -0.25) is 0 Å². The average molecular weight is 264 g/mol. The van der Waals surface area contributed by atoms with Crippen molar-refractivity contribution in [2.75, 3.05) is 0 Å². The Bertz CT molecular complexity index is 211. The Hall–Kier alpha value is -0.670. The molecule has 0 amide bonds. The van der Waals surface area contributed by atoms with Crippen LogP contribution in [0.4, 0.5) is 39.5 Å². The van der Waals surface area contributed by atoms with Crippen LogP contribution in [0.1, 0.15) is 13.3 Å². The van der Waals surface area contributed by atoms with E-state index in [1.807, 2.05) is 4.74 Å². The van der Waals surface area contributed by atoms with Gasteiger partial charge in [-0.05, 0) is 6.92 Å². The molecule has 0 bridgehead atoms. The van der Waals surface area contributed by atoms with Gasteiger partial charge in [-0.2, -0.15) is 22.0 Å². The first-order valence-corrected chi connectivity index (χ1v) is 3.57. The van der Waals surface area contributed by atoms with E-state index in [0.717, 1.165) is 0 Å². The zero-order valence-corrected chi connectivity index (χ0v) is 7.52. The van der Waals surface area contributed by atoms with Gasteiger partial charge in [-0.1, -0.05) is 0 Å². The van der Waals surface area contributed by atoms with E-state index in [2.05, 4.69) is 0 Å². The van der Waals surface area contributed by atoms with Crippen molar-refractivity contribution >= 4 is 0 Å². The van der Waals surface area contributed by atoms with Crippen LogP contribution in [0.2, 0.25) is 0 Å². The molecule has 10 heteroatoms. The first-order valence-electron chi connectivity index (χ1n) is 3.57. The minimum atomic E-state index is -5.94. The third-order valence-corrected chi connectivity index (χ3v) is 1.38. The molecule has 0 aliphatic heterocycles. The molecule has 0 radical (unpaired) electrons. The summed E-state index contributed by atoms with van der Waals surface area (Å²) in [5.74, 6) is 0. The highest BCUT2D eigenvalue weighted by atomic mass is 19.4. The number of hydrogen-bond acceptors (Lipinski definition) is 1. The summed E-state index contributed by atoms with van der Waals surface area (Å²) in [5.41, 5.74) is -4.51. The summed E-state index contributed by atoms with van der Waals surface area (Å²) in [7, 11) is 0. The van der Waals surface area contributed by atoms with Gasteiger partial charge >= 0.3 is 18.6 Å². The van der Waals surface area contributed by atoms with Crippen LogP contribution in [-0.4, -0.2) is 24.3 Å².